The van der Waals surface area contributed by atoms with Crippen molar-refractivity contribution in [3.05, 3.63) is 88.6 Å². The monoisotopic (exact) mass is 360 g/mol. The molecule has 0 bridgehead atoms. The molecule has 138 valence electrons. The van der Waals surface area contributed by atoms with Crippen molar-refractivity contribution in [2.45, 2.75) is 25.3 Å². The standard InChI is InChI=1S/C22H24N4O/c27-22-25(16-8-11-18-9-3-1-4-10-18)24-21(19-12-7-15-23-17-19)26(22)20-13-5-2-6-14-20/h1-6,8-11,13-14,19,23H,7,12,15-17H2/b11-8+. The fourth-order valence-corrected chi connectivity index (χ4v) is 3.55. The van der Waals surface area contributed by atoms with Crippen LogP contribution in [0, 0.1) is 0 Å². The van der Waals surface area contributed by atoms with E-state index in [1.807, 2.05) is 72.8 Å². The molecule has 0 radical (unpaired) electrons. The Morgan fingerprint density at radius 1 is 1.07 bits per heavy atom. The summed E-state index contributed by atoms with van der Waals surface area (Å²) < 4.78 is 3.34. The summed E-state index contributed by atoms with van der Waals surface area (Å²) >= 11 is 0. The predicted molar refractivity (Wildman–Crippen MR) is 108 cm³/mol. The van der Waals surface area contributed by atoms with Crippen molar-refractivity contribution in [2.75, 3.05) is 13.1 Å². The first-order valence-corrected chi connectivity index (χ1v) is 9.50. The Balaban J connectivity index is 1.67. The number of benzene rings is 2. The highest BCUT2D eigenvalue weighted by molar-refractivity contribution is 5.48. The van der Waals surface area contributed by atoms with E-state index in [-0.39, 0.29) is 11.6 Å². The van der Waals surface area contributed by atoms with Gasteiger partial charge in [0.2, 0.25) is 0 Å². The van der Waals surface area contributed by atoms with Gasteiger partial charge in [-0.05, 0) is 37.1 Å². The van der Waals surface area contributed by atoms with E-state index in [0.29, 0.717) is 6.54 Å². The van der Waals surface area contributed by atoms with Gasteiger partial charge in [-0.2, -0.15) is 5.10 Å². The summed E-state index contributed by atoms with van der Waals surface area (Å²) in [4.78, 5) is 13.1. The first-order valence-electron chi connectivity index (χ1n) is 9.50. The minimum Gasteiger partial charge on any atom is -0.316 e. The summed E-state index contributed by atoms with van der Waals surface area (Å²) in [6.07, 6.45) is 6.17. The fourth-order valence-electron chi connectivity index (χ4n) is 3.55. The van der Waals surface area contributed by atoms with Crippen LogP contribution in [0.2, 0.25) is 0 Å². The summed E-state index contributed by atoms with van der Waals surface area (Å²) in [5, 5.41) is 8.14. The van der Waals surface area contributed by atoms with E-state index in [4.69, 9.17) is 5.10 Å². The molecule has 1 N–H and O–H groups in total. The normalized spacial score (nSPS) is 17.4. The third-order valence-electron chi connectivity index (χ3n) is 4.93. The largest absolute Gasteiger partial charge is 0.350 e. The zero-order chi connectivity index (χ0) is 18.5. The lowest BCUT2D eigenvalue weighted by atomic mass is 9.99. The molecule has 1 unspecified atom stereocenters. The van der Waals surface area contributed by atoms with Gasteiger partial charge in [-0.15, -0.1) is 0 Å². The lowest BCUT2D eigenvalue weighted by Gasteiger charge is -2.22. The number of nitrogens with zero attached hydrogens (tertiary/aromatic N) is 3. The molecular formula is C22H24N4O. The average molecular weight is 360 g/mol. The number of hydrogen-bond donors (Lipinski definition) is 1. The molecular weight excluding hydrogens is 336 g/mol. The van der Waals surface area contributed by atoms with Crippen LogP contribution >= 0.6 is 0 Å². The number of aromatic nitrogens is 3. The molecule has 1 aliphatic heterocycles. The van der Waals surface area contributed by atoms with Crippen molar-refractivity contribution in [1.82, 2.24) is 19.7 Å². The van der Waals surface area contributed by atoms with Crippen molar-refractivity contribution < 1.29 is 0 Å². The molecule has 2 heterocycles. The van der Waals surface area contributed by atoms with Gasteiger partial charge in [0.15, 0.2) is 0 Å². The van der Waals surface area contributed by atoms with Gasteiger partial charge in [0.05, 0.1) is 12.2 Å². The van der Waals surface area contributed by atoms with Crippen molar-refractivity contribution in [3.63, 3.8) is 0 Å². The molecule has 1 aromatic heterocycles. The quantitative estimate of drug-likeness (QED) is 0.760. The van der Waals surface area contributed by atoms with E-state index in [0.717, 1.165) is 43.0 Å². The van der Waals surface area contributed by atoms with E-state index in [1.165, 1.54) is 0 Å². The highest BCUT2D eigenvalue weighted by Gasteiger charge is 2.24. The molecule has 2 aromatic carbocycles. The molecule has 0 spiro atoms. The highest BCUT2D eigenvalue weighted by atomic mass is 16.2. The fraction of sp³-hybridized carbons (Fsp3) is 0.273. The van der Waals surface area contributed by atoms with Crippen molar-refractivity contribution in [1.29, 1.82) is 0 Å². The second-order valence-electron chi connectivity index (χ2n) is 6.85. The van der Waals surface area contributed by atoms with Crippen LogP contribution in [0.5, 0.6) is 0 Å². The molecule has 5 nitrogen and oxygen atoms in total. The number of hydrogen-bond acceptors (Lipinski definition) is 3. The second-order valence-corrected chi connectivity index (χ2v) is 6.85. The first kappa shape index (κ1) is 17.5. The predicted octanol–water partition coefficient (Wildman–Crippen LogP) is 3.21. The topological polar surface area (TPSA) is 51.9 Å². The molecule has 1 aliphatic rings. The van der Waals surface area contributed by atoms with Gasteiger partial charge < -0.3 is 5.32 Å². The summed E-state index contributed by atoms with van der Waals surface area (Å²) in [6.45, 7) is 2.36. The van der Waals surface area contributed by atoms with Gasteiger partial charge in [-0.1, -0.05) is 60.7 Å². The third-order valence-corrected chi connectivity index (χ3v) is 4.93. The number of allylic oxidation sites excluding steroid dienone is 1. The Kier molecular flexibility index (Phi) is 5.30. The maximum Gasteiger partial charge on any atom is 0.350 e. The maximum atomic E-state index is 13.1. The zero-order valence-electron chi connectivity index (χ0n) is 15.3. The molecule has 1 fully saturated rings. The Morgan fingerprint density at radius 3 is 2.52 bits per heavy atom. The molecule has 1 saturated heterocycles. The Bertz CT molecular complexity index is 951. The molecule has 3 aromatic rings. The Hall–Kier alpha value is -2.92. The lowest BCUT2D eigenvalue weighted by molar-refractivity contribution is 0.440. The van der Waals surface area contributed by atoms with E-state index in [2.05, 4.69) is 5.32 Å². The van der Waals surface area contributed by atoms with Crippen LogP contribution in [0.15, 0.2) is 71.5 Å². The van der Waals surface area contributed by atoms with Gasteiger partial charge in [0.1, 0.15) is 5.82 Å². The van der Waals surface area contributed by atoms with Gasteiger partial charge in [-0.3, -0.25) is 0 Å². The smallest absolute Gasteiger partial charge is 0.316 e. The number of para-hydroxylation sites is 1. The SMILES string of the molecule is O=c1n(C/C=C/c2ccccc2)nc(C2CCCNC2)n1-c1ccccc1. The van der Waals surface area contributed by atoms with Gasteiger partial charge >= 0.3 is 5.69 Å². The number of piperidine rings is 1. The number of nitrogens with one attached hydrogen (secondary N) is 1. The van der Waals surface area contributed by atoms with Crippen LogP contribution in [0.4, 0.5) is 0 Å². The van der Waals surface area contributed by atoms with Crippen molar-refractivity contribution in [3.8, 4) is 5.69 Å². The van der Waals surface area contributed by atoms with E-state index in [9.17, 15) is 4.79 Å². The van der Waals surface area contributed by atoms with Crippen LogP contribution < -0.4 is 11.0 Å². The molecule has 5 heteroatoms. The highest BCUT2D eigenvalue weighted by Crippen LogP contribution is 2.22. The third kappa shape index (κ3) is 3.93. The Labute approximate surface area is 159 Å². The Morgan fingerprint density at radius 2 is 1.81 bits per heavy atom. The van der Waals surface area contributed by atoms with Gasteiger partial charge in [-0.25, -0.2) is 14.0 Å². The average Bonchev–Trinajstić information content (AvgIpc) is 3.06. The van der Waals surface area contributed by atoms with Crippen molar-refractivity contribution in [2.24, 2.45) is 0 Å². The summed E-state index contributed by atoms with van der Waals surface area (Å²) in [6, 6.07) is 19.9. The number of rotatable bonds is 5. The zero-order valence-corrected chi connectivity index (χ0v) is 15.3. The van der Waals surface area contributed by atoms with Crippen LogP contribution in [-0.2, 0) is 6.54 Å². The molecule has 27 heavy (non-hydrogen) atoms. The van der Waals surface area contributed by atoms with Gasteiger partial charge in [0, 0.05) is 12.5 Å². The van der Waals surface area contributed by atoms with E-state index >= 15 is 0 Å². The maximum absolute atomic E-state index is 13.1. The van der Waals surface area contributed by atoms with E-state index in [1.54, 1.807) is 9.25 Å². The summed E-state index contributed by atoms with van der Waals surface area (Å²) in [7, 11) is 0. The molecule has 1 atom stereocenters. The van der Waals surface area contributed by atoms with Gasteiger partial charge in [0.25, 0.3) is 0 Å². The van der Waals surface area contributed by atoms with Crippen LogP contribution in [-0.4, -0.2) is 27.4 Å². The van der Waals surface area contributed by atoms with Crippen LogP contribution in [0.3, 0.4) is 0 Å². The van der Waals surface area contributed by atoms with E-state index < -0.39 is 0 Å². The van der Waals surface area contributed by atoms with Crippen LogP contribution in [0.1, 0.15) is 30.1 Å². The summed E-state index contributed by atoms with van der Waals surface area (Å²) in [5.41, 5.74) is 1.91. The van der Waals surface area contributed by atoms with Crippen LogP contribution in [0.25, 0.3) is 11.8 Å². The molecule has 0 aliphatic carbocycles. The molecule has 0 amide bonds. The summed E-state index contributed by atoms with van der Waals surface area (Å²) in [5.74, 6) is 1.11. The van der Waals surface area contributed by atoms with Crippen molar-refractivity contribution >= 4 is 6.08 Å². The molecule has 0 saturated carbocycles. The first-order chi connectivity index (χ1) is 13.3. The minimum atomic E-state index is -0.0838. The molecule has 4 rings (SSSR count). The lowest BCUT2D eigenvalue weighted by Crippen LogP contribution is -2.31. The minimum absolute atomic E-state index is 0.0838. The second kappa shape index (κ2) is 8.18.